The van der Waals surface area contributed by atoms with Gasteiger partial charge in [0.05, 0.1) is 17.3 Å². The van der Waals surface area contributed by atoms with Gasteiger partial charge in [0.2, 0.25) is 0 Å². The van der Waals surface area contributed by atoms with Crippen LogP contribution in [-0.2, 0) is 0 Å². The summed E-state index contributed by atoms with van der Waals surface area (Å²) in [5, 5.41) is 9.58. The third kappa shape index (κ3) is 1.38. The Balaban J connectivity index is 2.84. The number of nitrogens with zero attached hydrogens (tertiary/aromatic N) is 3. The lowest BCUT2D eigenvalue weighted by molar-refractivity contribution is 1.29. The number of hydrogen-bond donors (Lipinski definition) is 0. The average Bonchev–Trinajstić information content (AvgIpc) is 2.18. The van der Waals surface area contributed by atoms with Gasteiger partial charge in [-0.15, -0.1) is 0 Å². The molecule has 0 bridgehead atoms. The molecule has 2 aromatic heterocycles. The second kappa shape index (κ2) is 3.11. The molecule has 0 spiro atoms. The molecule has 0 aromatic carbocycles. The Morgan fingerprint density at radius 3 is 2.92 bits per heavy atom. The minimum Gasteiger partial charge on any atom is -0.261 e. The first-order valence-electron chi connectivity index (χ1n) is 3.60. The molecule has 62 valence electrons. The number of hydrogen-bond acceptors (Lipinski definition) is 3. The molecule has 2 heterocycles. The number of pyridine rings is 2. The summed E-state index contributed by atoms with van der Waals surface area (Å²) in [6, 6.07) is 3.83. The van der Waals surface area contributed by atoms with Crippen molar-refractivity contribution in [2.45, 2.75) is 0 Å². The van der Waals surface area contributed by atoms with Crippen LogP contribution in [0.4, 0.5) is 0 Å². The standard InChI is InChI=1S/C9H4BrN3/c10-8-4-12-5-9-7(8)1-6(2-11)3-13-9/h1,3-5H. The van der Waals surface area contributed by atoms with Crippen molar-refractivity contribution in [2.24, 2.45) is 0 Å². The fourth-order valence-electron chi connectivity index (χ4n) is 1.07. The molecule has 0 saturated carbocycles. The molecule has 0 atom stereocenters. The van der Waals surface area contributed by atoms with Gasteiger partial charge in [0, 0.05) is 22.3 Å². The van der Waals surface area contributed by atoms with E-state index in [-0.39, 0.29) is 0 Å². The Hall–Kier alpha value is -1.47. The number of halogens is 1. The molecule has 3 nitrogen and oxygen atoms in total. The molecule has 2 rings (SSSR count). The molecule has 4 heteroatoms. The summed E-state index contributed by atoms with van der Waals surface area (Å²) in [7, 11) is 0. The van der Waals surface area contributed by atoms with Gasteiger partial charge in [-0.1, -0.05) is 0 Å². The van der Waals surface area contributed by atoms with Crippen LogP contribution in [0.3, 0.4) is 0 Å². The van der Waals surface area contributed by atoms with E-state index in [0.717, 1.165) is 15.4 Å². The first-order valence-corrected chi connectivity index (χ1v) is 4.40. The monoisotopic (exact) mass is 233 g/mol. The molecule has 2 aromatic rings. The highest BCUT2D eigenvalue weighted by molar-refractivity contribution is 9.10. The van der Waals surface area contributed by atoms with Crippen LogP contribution in [0.15, 0.2) is 29.1 Å². The lowest BCUT2D eigenvalue weighted by Gasteiger charge is -1.98. The van der Waals surface area contributed by atoms with Crippen molar-refractivity contribution in [2.75, 3.05) is 0 Å². The Labute approximate surface area is 83.2 Å². The van der Waals surface area contributed by atoms with E-state index in [1.807, 2.05) is 6.07 Å². The summed E-state index contributed by atoms with van der Waals surface area (Å²) in [6.45, 7) is 0. The van der Waals surface area contributed by atoms with Gasteiger partial charge in [0.15, 0.2) is 0 Å². The molecule has 0 aliphatic heterocycles. The molecule has 13 heavy (non-hydrogen) atoms. The van der Waals surface area contributed by atoms with Crippen molar-refractivity contribution in [1.82, 2.24) is 9.97 Å². The van der Waals surface area contributed by atoms with Crippen LogP contribution in [0.5, 0.6) is 0 Å². The largest absolute Gasteiger partial charge is 0.261 e. The zero-order valence-electron chi connectivity index (χ0n) is 6.53. The zero-order valence-corrected chi connectivity index (χ0v) is 8.12. The van der Waals surface area contributed by atoms with E-state index in [2.05, 4.69) is 25.9 Å². The van der Waals surface area contributed by atoms with Crippen molar-refractivity contribution in [3.8, 4) is 6.07 Å². The van der Waals surface area contributed by atoms with E-state index in [1.54, 1.807) is 18.5 Å². The topological polar surface area (TPSA) is 49.6 Å². The van der Waals surface area contributed by atoms with E-state index >= 15 is 0 Å². The first-order chi connectivity index (χ1) is 6.31. The summed E-state index contributed by atoms with van der Waals surface area (Å²) in [4.78, 5) is 8.07. The smallest absolute Gasteiger partial charge is 0.101 e. The van der Waals surface area contributed by atoms with Crippen LogP contribution < -0.4 is 0 Å². The minimum atomic E-state index is 0.555. The lowest BCUT2D eigenvalue weighted by atomic mass is 10.2. The van der Waals surface area contributed by atoms with Crippen molar-refractivity contribution >= 4 is 26.8 Å². The van der Waals surface area contributed by atoms with Crippen molar-refractivity contribution < 1.29 is 0 Å². The molecule has 0 saturated heterocycles. The highest BCUT2D eigenvalue weighted by atomic mass is 79.9. The first kappa shape index (κ1) is 8.14. The quantitative estimate of drug-likeness (QED) is 0.702. The summed E-state index contributed by atoms with van der Waals surface area (Å²) >= 11 is 3.35. The van der Waals surface area contributed by atoms with Gasteiger partial charge in [-0.05, 0) is 22.0 Å². The van der Waals surface area contributed by atoms with Crippen molar-refractivity contribution in [3.63, 3.8) is 0 Å². The number of nitriles is 1. The molecular weight excluding hydrogens is 230 g/mol. The fourth-order valence-corrected chi connectivity index (χ4v) is 1.51. The third-order valence-corrected chi connectivity index (χ3v) is 2.32. The molecule has 0 unspecified atom stereocenters. The predicted octanol–water partition coefficient (Wildman–Crippen LogP) is 2.26. The Morgan fingerprint density at radius 1 is 1.31 bits per heavy atom. The molecule has 0 aliphatic carbocycles. The number of fused-ring (bicyclic) bond motifs is 1. The van der Waals surface area contributed by atoms with E-state index in [4.69, 9.17) is 5.26 Å². The van der Waals surface area contributed by atoms with Crippen LogP contribution in [0.1, 0.15) is 5.56 Å². The number of rotatable bonds is 0. The van der Waals surface area contributed by atoms with E-state index in [1.165, 1.54) is 6.20 Å². The van der Waals surface area contributed by atoms with E-state index in [0.29, 0.717) is 5.56 Å². The Kier molecular flexibility index (Phi) is 1.95. The molecule has 0 fully saturated rings. The summed E-state index contributed by atoms with van der Waals surface area (Å²) in [5.41, 5.74) is 1.34. The highest BCUT2D eigenvalue weighted by Crippen LogP contribution is 2.21. The Morgan fingerprint density at radius 2 is 2.15 bits per heavy atom. The second-order valence-corrected chi connectivity index (χ2v) is 3.38. The SMILES string of the molecule is N#Cc1cnc2cncc(Br)c2c1. The molecule has 0 amide bonds. The van der Waals surface area contributed by atoms with Crippen molar-refractivity contribution in [1.29, 1.82) is 5.26 Å². The maximum Gasteiger partial charge on any atom is 0.101 e. The second-order valence-electron chi connectivity index (χ2n) is 2.52. The van der Waals surface area contributed by atoms with Crippen LogP contribution in [0.25, 0.3) is 10.9 Å². The van der Waals surface area contributed by atoms with Crippen LogP contribution >= 0.6 is 15.9 Å². The maximum absolute atomic E-state index is 8.67. The van der Waals surface area contributed by atoms with Crippen molar-refractivity contribution in [3.05, 3.63) is 34.7 Å². The summed E-state index contributed by atoms with van der Waals surface area (Å²) < 4.78 is 0.856. The predicted molar refractivity (Wildman–Crippen MR) is 52.0 cm³/mol. The average molecular weight is 234 g/mol. The van der Waals surface area contributed by atoms with Crippen LogP contribution in [0, 0.1) is 11.3 Å². The zero-order chi connectivity index (χ0) is 9.26. The molecular formula is C9H4BrN3. The van der Waals surface area contributed by atoms with E-state index in [9.17, 15) is 0 Å². The van der Waals surface area contributed by atoms with Crippen LogP contribution in [-0.4, -0.2) is 9.97 Å². The van der Waals surface area contributed by atoms with Gasteiger partial charge in [0.1, 0.15) is 6.07 Å². The fraction of sp³-hybridized carbons (Fsp3) is 0. The number of aromatic nitrogens is 2. The van der Waals surface area contributed by atoms with Gasteiger partial charge in [0.25, 0.3) is 0 Å². The molecule has 0 N–H and O–H groups in total. The highest BCUT2D eigenvalue weighted by Gasteiger charge is 2.00. The minimum absolute atomic E-state index is 0.555. The summed E-state index contributed by atoms with van der Waals surface area (Å²) in [6.07, 6.45) is 4.89. The Bertz CT molecular complexity index is 502. The molecule has 0 radical (unpaired) electrons. The lowest BCUT2D eigenvalue weighted by Crippen LogP contribution is -1.84. The van der Waals surface area contributed by atoms with Gasteiger partial charge < -0.3 is 0 Å². The van der Waals surface area contributed by atoms with Gasteiger partial charge in [-0.2, -0.15) is 5.26 Å². The van der Waals surface area contributed by atoms with Gasteiger partial charge >= 0.3 is 0 Å². The maximum atomic E-state index is 8.67. The normalized spacial score (nSPS) is 9.85. The van der Waals surface area contributed by atoms with E-state index < -0.39 is 0 Å². The van der Waals surface area contributed by atoms with Crippen LogP contribution in [0.2, 0.25) is 0 Å². The molecule has 0 aliphatic rings. The third-order valence-electron chi connectivity index (χ3n) is 1.69. The van der Waals surface area contributed by atoms with Gasteiger partial charge in [-0.3, -0.25) is 9.97 Å². The summed E-state index contributed by atoms with van der Waals surface area (Å²) in [5.74, 6) is 0. The van der Waals surface area contributed by atoms with Gasteiger partial charge in [-0.25, -0.2) is 0 Å².